The van der Waals surface area contributed by atoms with Gasteiger partial charge in [-0.15, -0.1) is 0 Å². The molecule has 0 saturated heterocycles. The molecular formula is C24H26N2O3. The molecule has 0 aliphatic heterocycles. The molecule has 150 valence electrons. The summed E-state index contributed by atoms with van der Waals surface area (Å²) in [5.74, 6) is 1.18. The minimum absolute atomic E-state index is 0.0815. The number of benzene rings is 3. The van der Waals surface area contributed by atoms with Crippen molar-refractivity contribution in [3.8, 4) is 11.5 Å². The summed E-state index contributed by atoms with van der Waals surface area (Å²) in [4.78, 5) is 12.4. The molecule has 5 heteroatoms. The third-order valence-corrected chi connectivity index (χ3v) is 4.57. The lowest BCUT2D eigenvalue weighted by atomic mass is 10.1. The lowest BCUT2D eigenvalue weighted by molar-refractivity contribution is -0.115. The summed E-state index contributed by atoms with van der Waals surface area (Å²) in [5, 5.41) is 6.33. The van der Waals surface area contributed by atoms with Gasteiger partial charge in [-0.25, -0.2) is 0 Å². The van der Waals surface area contributed by atoms with Gasteiger partial charge in [0.2, 0.25) is 5.91 Å². The fraction of sp³-hybridized carbons (Fsp3) is 0.208. The number of rotatable bonds is 9. The lowest BCUT2D eigenvalue weighted by Crippen LogP contribution is -2.14. The quantitative estimate of drug-likeness (QED) is 0.563. The highest BCUT2D eigenvalue weighted by Crippen LogP contribution is 2.27. The smallest absolute Gasteiger partial charge is 0.228 e. The molecule has 3 aromatic rings. The zero-order valence-corrected chi connectivity index (χ0v) is 16.8. The van der Waals surface area contributed by atoms with Gasteiger partial charge in [-0.05, 0) is 53.9 Å². The average Bonchev–Trinajstić information content (AvgIpc) is 2.75. The number of carbonyl (C=O) groups excluding carboxylic acids is 1. The van der Waals surface area contributed by atoms with E-state index in [1.54, 1.807) is 20.3 Å². The summed E-state index contributed by atoms with van der Waals surface area (Å²) in [5.41, 5.74) is 3.96. The minimum Gasteiger partial charge on any atom is -0.493 e. The fourth-order valence-corrected chi connectivity index (χ4v) is 3.05. The third-order valence-electron chi connectivity index (χ3n) is 4.57. The molecule has 29 heavy (non-hydrogen) atoms. The van der Waals surface area contributed by atoms with Crippen molar-refractivity contribution < 1.29 is 14.3 Å². The molecule has 1 amide bonds. The zero-order valence-electron chi connectivity index (χ0n) is 16.8. The van der Waals surface area contributed by atoms with Crippen LogP contribution in [0, 0.1) is 0 Å². The molecule has 0 spiro atoms. The number of carbonyl (C=O) groups is 1. The molecule has 2 N–H and O–H groups in total. The summed E-state index contributed by atoms with van der Waals surface area (Å²) < 4.78 is 10.5. The predicted molar refractivity (Wildman–Crippen MR) is 117 cm³/mol. The second-order valence-electron chi connectivity index (χ2n) is 6.65. The van der Waals surface area contributed by atoms with Gasteiger partial charge in [-0.3, -0.25) is 4.79 Å². The van der Waals surface area contributed by atoms with Crippen molar-refractivity contribution in [1.82, 2.24) is 0 Å². The Bertz CT molecular complexity index is 925. The Labute approximate surface area is 171 Å². The van der Waals surface area contributed by atoms with Crippen molar-refractivity contribution in [2.45, 2.75) is 12.8 Å². The number of methoxy groups -OCH3 is 2. The first-order valence-electron chi connectivity index (χ1n) is 9.56. The van der Waals surface area contributed by atoms with Crippen molar-refractivity contribution in [1.29, 1.82) is 0 Å². The molecule has 0 aliphatic rings. The highest BCUT2D eigenvalue weighted by Gasteiger charge is 2.09. The van der Waals surface area contributed by atoms with Crippen LogP contribution in [-0.2, 0) is 17.6 Å². The SMILES string of the molecule is COc1ccc(CC(=O)Nc2ccc(NCCc3ccccc3)cc2)cc1OC. The molecule has 0 aromatic heterocycles. The summed E-state index contributed by atoms with van der Waals surface area (Å²) in [6, 6.07) is 23.6. The van der Waals surface area contributed by atoms with E-state index in [1.165, 1.54) is 5.56 Å². The van der Waals surface area contributed by atoms with E-state index in [1.807, 2.05) is 42.5 Å². The van der Waals surface area contributed by atoms with Crippen LogP contribution in [0.4, 0.5) is 11.4 Å². The van der Waals surface area contributed by atoms with E-state index in [0.29, 0.717) is 11.5 Å². The molecule has 0 radical (unpaired) electrons. The number of hydrogen-bond acceptors (Lipinski definition) is 4. The second-order valence-corrected chi connectivity index (χ2v) is 6.65. The standard InChI is InChI=1S/C24H26N2O3/c1-28-22-13-8-19(16-23(22)29-2)17-24(27)26-21-11-9-20(10-12-21)25-15-14-18-6-4-3-5-7-18/h3-13,16,25H,14-15,17H2,1-2H3,(H,26,27). The Morgan fingerprint density at radius 3 is 2.17 bits per heavy atom. The molecular weight excluding hydrogens is 364 g/mol. The Kier molecular flexibility index (Phi) is 7.11. The molecule has 0 bridgehead atoms. The van der Waals surface area contributed by atoms with E-state index in [2.05, 4.69) is 34.9 Å². The van der Waals surface area contributed by atoms with Crippen LogP contribution in [0.2, 0.25) is 0 Å². The molecule has 3 aromatic carbocycles. The highest BCUT2D eigenvalue weighted by atomic mass is 16.5. The van der Waals surface area contributed by atoms with Gasteiger partial charge >= 0.3 is 0 Å². The molecule has 0 unspecified atom stereocenters. The number of ether oxygens (including phenoxy) is 2. The molecule has 0 aliphatic carbocycles. The molecule has 5 nitrogen and oxygen atoms in total. The average molecular weight is 390 g/mol. The molecule has 0 atom stereocenters. The monoisotopic (exact) mass is 390 g/mol. The molecule has 0 fully saturated rings. The number of amides is 1. The van der Waals surface area contributed by atoms with Crippen molar-refractivity contribution in [2.75, 3.05) is 31.4 Å². The zero-order chi connectivity index (χ0) is 20.5. The van der Waals surface area contributed by atoms with Crippen LogP contribution in [0.1, 0.15) is 11.1 Å². The van der Waals surface area contributed by atoms with Crippen molar-refractivity contribution in [2.24, 2.45) is 0 Å². The van der Waals surface area contributed by atoms with Crippen LogP contribution >= 0.6 is 0 Å². The normalized spacial score (nSPS) is 10.3. The number of anilines is 2. The van der Waals surface area contributed by atoms with E-state index in [0.717, 1.165) is 29.9 Å². The van der Waals surface area contributed by atoms with E-state index in [9.17, 15) is 4.79 Å². The number of nitrogens with one attached hydrogen (secondary N) is 2. The molecule has 3 rings (SSSR count). The largest absolute Gasteiger partial charge is 0.493 e. The van der Waals surface area contributed by atoms with E-state index < -0.39 is 0 Å². The maximum Gasteiger partial charge on any atom is 0.228 e. The van der Waals surface area contributed by atoms with Gasteiger partial charge < -0.3 is 20.1 Å². The van der Waals surface area contributed by atoms with Crippen molar-refractivity contribution in [3.63, 3.8) is 0 Å². The Morgan fingerprint density at radius 2 is 1.48 bits per heavy atom. The highest BCUT2D eigenvalue weighted by molar-refractivity contribution is 5.92. The van der Waals surface area contributed by atoms with E-state index >= 15 is 0 Å². The van der Waals surface area contributed by atoms with Gasteiger partial charge in [-0.1, -0.05) is 36.4 Å². The number of hydrogen-bond donors (Lipinski definition) is 2. The minimum atomic E-state index is -0.0815. The molecule has 0 heterocycles. The van der Waals surface area contributed by atoms with Gasteiger partial charge in [0.25, 0.3) is 0 Å². The summed E-state index contributed by atoms with van der Waals surface area (Å²) in [6.45, 7) is 0.856. The van der Waals surface area contributed by atoms with Gasteiger partial charge in [0.15, 0.2) is 11.5 Å². The van der Waals surface area contributed by atoms with Crippen LogP contribution in [0.25, 0.3) is 0 Å². The van der Waals surface area contributed by atoms with Gasteiger partial charge in [0.05, 0.1) is 20.6 Å². The summed E-state index contributed by atoms with van der Waals surface area (Å²) in [6.07, 6.45) is 1.22. The topological polar surface area (TPSA) is 59.6 Å². The van der Waals surface area contributed by atoms with Crippen LogP contribution in [-0.4, -0.2) is 26.7 Å². The first-order valence-corrected chi connectivity index (χ1v) is 9.56. The lowest BCUT2D eigenvalue weighted by Gasteiger charge is -2.11. The molecule has 0 saturated carbocycles. The van der Waals surface area contributed by atoms with Crippen molar-refractivity contribution in [3.05, 3.63) is 83.9 Å². The Morgan fingerprint density at radius 1 is 0.793 bits per heavy atom. The van der Waals surface area contributed by atoms with Crippen LogP contribution < -0.4 is 20.1 Å². The van der Waals surface area contributed by atoms with Gasteiger partial charge in [0, 0.05) is 17.9 Å². The van der Waals surface area contributed by atoms with E-state index in [4.69, 9.17) is 9.47 Å². The van der Waals surface area contributed by atoms with Gasteiger partial charge in [-0.2, -0.15) is 0 Å². The maximum atomic E-state index is 12.4. The summed E-state index contributed by atoms with van der Waals surface area (Å²) >= 11 is 0. The van der Waals surface area contributed by atoms with Crippen molar-refractivity contribution >= 4 is 17.3 Å². The van der Waals surface area contributed by atoms with Crippen LogP contribution in [0.3, 0.4) is 0 Å². The first kappa shape index (κ1) is 20.3. The predicted octanol–water partition coefficient (Wildman–Crippen LogP) is 4.54. The second kappa shape index (κ2) is 10.2. The van der Waals surface area contributed by atoms with Crippen LogP contribution in [0.5, 0.6) is 11.5 Å². The maximum absolute atomic E-state index is 12.4. The van der Waals surface area contributed by atoms with Gasteiger partial charge in [0.1, 0.15) is 0 Å². The fourth-order valence-electron chi connectivity index (χ4n) is 3.05. The Hall–Kier alpha value is -3.47. The third kappa shape index (κ3) is 6.01. The first-order chi connectivity index (χ1) is 14.2. The Balaban J connectivity index is 1.49. The summed E-state index contributed by atoms with van der Waals surface area (Å²) in [7, 11) is 3.17. The van der Waals surface area contributed by atoms with Crippen LogP contribution in [0.15, 0.2) is 72.8 Å². The van der Waals surface area contributed by atoms with E-state index in [-0.39, 0.29) is 12.3 Å².